The van der Waals surface area contributed by atoms with Gasteiger partial charge in [-0.1, -0.05) is 47.5 Å². The van der Waals surface area contributed by atoms with Crippen LogP contribution in [0.25, 0.3) is 0 Å². The molecule has 3 nitrogen and oxygen atoms in total. The molecule has 0 saturated heterocycles. The topological polar surface area (TPSA) is 46.2 Å². The molecule has 1 N–H and O–H groups in total. The van der Waals surface area contributed by atoms with Crippen molar-refractivity contribution < 1.29 is 14.0 Å². The molecular formula is C21H16Cl2FNO2. The summed E-state index contributed by atoms with van der Waals surface area (Å²) >= 11 is 12.1. The first-order valence-electron chi connectivity index (χ1n) is 8.69. The minimum absolute atomic E-state index is 0.0689. The van der Waals surface area contributed by atoms with Crippen LogP contribution < -0.4 is 5.32 Å². The number of benzene rings is 2. The highest BCUT2D eigenvalue weighted by Gasteiger charge is 2.39. The summed E-state index contributed by atoms with van der Waals surface area (Å²) in [5.41, 5.74) is 2.40. The molecule has 6 heteroatoms. The number of amides is 1. The van der Waals surface area contributed by atoms with Crippen LogP contribution >= 0.6 is 23.2 Å². The Morgan fingerprint density at radius 2 is 1.74 bits per heavy atom. The molecule has 1 heterocycles. The van der Waals surface area contributed by atoms with Gasteiger partial charge in [-0.15, -0.1) is 0 Å². The van der Waals surface area contributed by atoms with E-state index in [0.717, 1.165) is 5.56 Å². The third-order valence-electron chi connectivity index (χ3n) is 5.23. The van der Waals surface area contributed by atoms with Gasteiger partial charge in [-0.2, -0.15) is 0 Å². The molecule has 2 aromatic rings. The quantitative estimate of drug-likeness (QED) is 0.754. The van der Waals surface area contributed by atoms with Gasteiger partial charge < -0.3 is 5.32 Å². The monoisotopic (exact) mass is 403 g/mol. The molecular weight excluding hydrogens is 388 g/mol. The molecule has 0 bridgehead atoms. The van der Waals surface area contributed by atoms with Crippen LogP contribution in [0.3, 0.4) is 0 Å². The van der Waals surface area contributed by atoms with Crippen molar-refractivity contribution >= 4 is 34.9 Å². The Balaban J connectivity index is 1.73. The van der Waals surface area contributed by atoms with Crippen molar-refractivity contribution in [3.8, 4) is 0 Å². The fraction of sp³-hybridized carbons (Fsp3) is 0.238. The number of hydrogen-bond acceptors (Lipinski definition) is 2. The first-order chi connectivity index (χ1) is 12.9. The highest BCUT2D eigenvalue weighted by Crippen LogP contribution is 2.43. The van der Waals surface area contributed by atoms with Crippen molar-refractivity contribution in [1.29, 1.82) is 0 Å². The number of allylic oxidation sites excluding steroid dienone is 2. The lowest BCUT2D eigenvalue weighted by Crippen LogP contribution is -2.38. The molecule has 1 aliphatic carbocycles. The summed E-state index contributed by atoms with van der Waals surface area (Å²) in [6.45, 7) is 0. The first kappa shape index (κ1) is 18.2. The number of carbonyl (C=O) groups is 2. The number of halogens is 3. The normalized spacial score (nSPS) is 22.5. The van der Waals surface area contributed by atoms with Crippen molar-refractivity contribution in [2.24, 2.45) is 0 Å². The van der Waals surface area contributed by atoms with E-state index in [9.17, 15) is 14.0 Å². The summed E-state index contributed by atoms with van der Waals surface area (Å²) in [5, 5.41) is 3.71. The summed E-state index contributed by atoms with van der Waals surface area (Å²) in [5.74, 6) is -1.32. The highest BCUT2D eigenvalue weighted by atomic mass is 35.5. The highest BCUT2D eigenvalue weighted by molar-refractivity contribution is 6.42. The number of Topliss-reactive ketones (excluding diaryl/α,β-unsaturated/α-hetero) is 1. The van der Waals surface area contributed by atoms with Crippen molar-refractivity contribution in [3.05, 3.63) is 80.7 Å². The van der Waals surface area contributed by atoms with Gasteiger partial charge in [0.05, 0.1) is 10.0 Å². The molecule has 138 valence electrons. The van der Waals surface area contributed by atoms with Crippen LogP contribution in [0, 0.1) is 5.82 Å². The fourth-order valence-corrected chi connectivity index (χ4v) is 4.29. The molecule has 4 rings (SSSR count). The van der Waals surface area contributed by atoms with Gasteiger partial charge >= 0.3 is 0 Å². The average molecular weight is 404 g/mol. The number of nitrogens with one attached hydrogen (secondary N) is 1. The average Bonchev–Trinajstić information content (AvgIpc) is 2.63. The second kappa shape index (κ2) is 7.10. The van der Waals surface area contributed by atoms with Gasteiger partial charge in [-0.25, -0.2) is 4.39 Å². The summed E-state index contributed by atoms with van der Waals surface area (Å²) in [7, 11) is 0. The Kier molecular flexibility index (Phi) is 4.79. The van der Waals surface area contributed by atoms with E-state index in [1.807, 2.05) is 6.07 Å². The molecule has 2 unspecified atom stereocenters. The zero-order chi connectivity index (χ0) is 19.1. The Bertz CT molecular complexity index is 986. The third-order valence-corrected chi connectivity index (χ3v) is 5.97. The van der Waals surface area contributed by atoms with Crippen molar-refractivity contribution in [2.45, 2.75) is 31.1 Å². The largest absolute Gasteiger partial charge is 0.329 e. The number of rotatable bonds is 2. The van der Waals surface area contributed by atoms with E-state index in [1.54, 1.807) is 30.3 Å². The third kappa shape index (κ3) is 3.40. The number of hydrogen-bond donors (Lipinski definition) is 1. The van der Waals surface area contributed by atoms with Crippen LogP contribution in [-0.4, -0.2) is 11.7 Å². The Morgan fingerprint density at radius 1 is 0.963 bits per heavy atom. The van der Waals surface area contributed by atoms with Gasteiger partial charge in [0.2, 0.25) is 5.91 Å². The van der Waals surface area contributed by atoms with E-state index in [1.165, 1.54) is 6.07 Å². The molecule has 0 aromatic heterocycles. The van der Waals surface area contributed by atoms with Crippen LogP contribution in [-0.2, 0) is 9.59 Å². The fourth-order valence-electron chi connectivity index (χ4n) is 3.99. The maximum atomic E-state index is 14.3. The predicted molar refractivity (Wildman–Crippen MR) is 102 cm³/mol. The Morgan fingerprint density at radius 3 is 2.48 bits per heavy atom. The van der Waals surface area contributed by atoms with Gasteiger partial charge in [-0.3, -0.25) is 9.59 Å². The second-order valence-corrected chi connectivity index (χ2v) is 7.73. The van der Waals surface area contributed by atoms with Crippen LogP contribution in [0.5, 0.6) is 0 Å². The summed E-state index contributed by atoms with van der Waals surface area (Å²) in [6, 6.07) is 11.6. The Hall–Kier alpha value is -2.17. The van der Waals surface area contributed by atoms with Crippen LogP contribution in [0.15, 0.2) is 53.7 Å². The molecule has 2 aromatic carbocycles. The van der Waals surface area contributed by atoms with Gasteiger partial charge in [0.25, 0.3) is 0 Å². The van der Waals surface area contributed by atoms with E-state index in [0.29, 0.717) is 33.3 Å². The molecule has 27 heavy (non-hydrogen) atoms. The van der Waals surface area contributed by atoms with Gasteiger partial charge in [0.1, 0.15) is 5.82 Å². The molecule has 1 aliphatic heterocycles. The van der Waals surface area contributed by atoms with Crippen molar-refractivity contribution in [1.82, 2.24) is 5.32 Å². The number of ketones is 1. The first-order valence-corrected chi connectivity index (χ1v) is 9.45. The minimum Gasteiger partial charge on any atom is -0.329 e. The van der Waals surface area contributed by atoms with E-state index in [2.05, 4.69) is 5.32 Å². The number of carbonyl (C=O) groups excluding carboxylic acids is 2. The molecule has 0 radical (unpaired) electrons. The molecule has 0 fully saturated rings. The lowest BCUT2D eigenvalue weighted by atomic mass is 9.73. The zero-order valence-electron chi connectivity index (χ0n) is 14.3. The lowest BCUT2D eigenvalue weighted by Gasteiger charge is -2.34. The zero-order valence-corrected chi connectivity index (χ0v) is 15.8. The lowest BCUT2D eigenvalue weighted by molar-refractivity contribution is -0.122. The van der Waals surface area contributed by atoms with E-state index in [4.69, 9.17) is 23.2 Å². The summed E-state index contributed by atoms with van der Waals surface area (Å²) in [4.78, 5) is 25.2. The smallest absolute Gasteiger partial charge is 0.225 e. The molecule has 2 aliphatic rings. The van der Waals surface area contributed by atoms with Gasteiger partial charge in [-0.05, 0) is 41.7 Å². The SMILES string of the molecule is O=C1CC(c2ccccc2F)C2=C(CC(c3ccc(Cl)c(Cl)c3)CC2=O)N1. The van der Waals surface area contributed by atoms with Crippen LogP contribution in [0.2, 0.25) is 10.0 Å². The van der Waals surface area contributed by atoms with Gasteiger partial charge in [0.15, 0.2) is 5.78 Å². The standard InChI is InChI=1S/C21H16Cl2FNO2/c22-15-6-5-11(7-16(15)23)12-8-18-21(19(26)9-12)14(10-20(27)25-18)13-3-1-2-4-17(13)24/h1-7,12,14H,8-10H2,(H,25,27). The van der Waals surface area contributed by atoms with E-state index < -0.39 is 11.7 Å². The van der Waals surface area contributed by atoms with Crippen LogP contribution in [0.4, 0.5) is 4.39 Å². The Labute approximate surface area is 166 Å². The predicted octanol–water partition coefficient (Wildman–Crippen LogP) is 5.14. The van der Waals surface area contributed by atoms with Crippen molar-refractivity contribution in [2.75, 3.05) is 0 Å². The van der Waals surface area contributed by atoms with E-state index >= 15 is 0 Å². The minimum atomic E-state index is -0.544. The van der Waals surface area contributed by atoms with E-state index in [-0.39, 0.29) is 30.4 Å². The van der Waals surface area contributed by atoms with Crippen LogP contribution in [0.1, 0.15) is 42.2 Å². The summed E-state index contributed by atoms with van der Waals surface area (Å²) in [6.07, 6.45) is 0.857. The molecule has 0 spiro atoms. The van der Waals surface area contributed by atoms with Gasteiger partial charge in [0, 0.05) is 30.0 Å². The molecule has 0 saturated carbocycles. The summed E-state index contributed by atoms with van der Waals surface area (Å²) < 4.78 is 14.3. The maximum Gasteiger partial charge on any atom is 0.225 e. The maximum absolute atomic E-state index is 14.3. The second-order valence-electron chi connectivity index (χ2n) is 6.92. The van der Waals surface area contributed by atoms with Crippen molar-refractivity contribution in [3.63, 3.8) is 0 Å². The molecule has 2 atom stereocenters. The molecule has 1 amide bonds.